The minimum absolute atomic E-state index is 0.0193. The van der Waals surface area contributed by atoms with E-state index in [9.17, 15) is 18.3 Å². The average Bonchev–Trinajstić information content (AvgIpc) is 2.32. The van der Waals surface area contributed by atoms with Gasteiger partial charge in [0.25, 0.3) is 0 Å². The number of sulfone groups is 1. The topological polar surface area (TPSA) is 110 Å². The lowest BCUT2D eigenvalue weighted by Gasteiger charge is -2.42. The van der Waals surface area contributed by atoms with E-state index in [0.717, 1.165) is 0 Å². The van der Waals surface area contributed by atoms with Gasteiger partial charge >= 0.3 is 0 Å². The monoisotopic (exact) mass is 308 g/mol. The van der Waals surface area contributed by atoms with E-state index in [1.165, 1.54) is 0 Å². The number of morpholine rings is 1. The summed E-state index contributed by atoms with van der Waals surface area (Å²) >= 11 is 0. The molecule has 0 spiro atoms. The van der Waals surface area contributed by atoms with Crippen molar-refractivity contribution in [2.75, 3.05) is 37.7 Å². The van der Waals surface area contributed by atoms with E-state index < -0.39 is 21.3 Å². The number of amides is 1. The van der Waals surface area contributed by atoms with E-state index in [4.69, 9.17) is 10.5 Å². The van der Waals surface area contributed by atoms with E-state index in [2.05, 4.69) is 0 Å². The molecule has 118 valence electrons. The Kier molecular flexibility index (Phi) is 5.93. The van der Waals surface area contributed by atoms with E-state index in [-0.39, 0.29) is 30.6 Å². The number of aliphatic hydroxyl groups is 1. The second kappa shape index (κ2) is 6.84. The molecule has 0 saturated carbocycles. The van der Waals surface area contributed by atoms with Gasteiger partial charge in [0.1, 0.15) is 0 Å². The zero-order chi connectivity index (χ0) is 15.4. The first-order valence-corrected chi connectivity index (χ1v) is 8.45. The molecule has 1 fully saturated rings. The van der Waals surface area contributed by atoms with Gasteiger partial charge in [-0.3, -0.25) is 9.69 Å². The van der Waals surface area contributed by atoms with E-state index in [1.54, 1.807) is 0 Å². The Morgan fingerprint density at radius 3 is 2.65 bits per heavy atom. The van der Waals surface area contributed by atoms with Crippen LogP contribution in [0.15, 0.2) is 0 Å². The van der Waals surface area contributed by atoms with Gasteiger partial charge in [-0.2, -0.15) is 0 Å². The summed E-state index contributed by atoms with van der Waals surface area (Å²) in [7, 11) is -3.28. The van der Waals surface area contributed by atoms with Crippen molar-refractivity contribution in [2.24, 2.45) is 5.73 Å². The third kappa shape index (κ3) is 6.17. The molecule has 8 heteroatoms. The molecule has 1 saturated heterocycles. The van der Waals surface area contributed by atoms with E-state index in [0.29, 0.717) is 19.6 Å². The van der Waals surface area contributed by atoms with Crippen LogP contribution in [0.3, 0.4) is 0 Å². The summed E-state index contributed by atoms with van der Waals surface area (Å²) in [5.41, 5.74) is 4.54. The number of hydrogen-bond donors (Lipinski definition) is 2. The first-order chi connectivity index (χ1) is 9.13. The quantitative estimate of drug-likeness (QED) is 0.608. The number of nitrogens with two attached hydrogens (primary N) is 1. The molecule has 1 unspecified atom stereocenters. The molecule has 7 nitrogen and oxygen atoms in total. The summed E-state index contributed by atoms with van der Waals surface area (Å²) in [5.74, 6) is -0.838. The van der Waals surface area contributed by atoms with Crippen LogP contribution in [0.2, 0.25) is 0 Å². The molecular formula is C12H24N2O5S. The third-order valence-electron chi connectivity index (χ3n) is 3.13. The Labute approximate surface area is 120 Å². The summed E-state index contributed by atoms with van der Waals surface area (Å²) < 4.78 is 29.2. The van der Waals surface area contributed by atoms with Crippen LogP contribution in [0.1, 0.15) is 20.3 Å². The Morgan fingerprint density at radius 2 is 2.10 bits per heavy atom. The molecule has 1 aliphatic heterocycles. The first-order valence-electron chi connectivity index (χ1n) is 6.63. The maximum atomic E-state index is 11.8. The number of primary amides is 1. The lowest BCUT2D eigenvalue weighted by Crippen LogP contribution is -2.54. The molecule has 0 aromatic rings. The lowest BCUT2D eigenvalue weighted by molar-refractivity contribution is -0.147. The van der Waals surface area contributed by atoms with Crippen LogP contribution < -0.4 is 5.73 Å². The van der Waals surface area contributed by atoms with Gasteiger partial charge in [0.2, 0.25) is 5.91 Å². The van der Waals surface area contributed by atoms with Crippen molar-refractivity contribution < 1.29 is 23.1 Å². The molecule has 0 radical (unpaired) electrons. The number of carbonyl (C=O) groups excluding carboxylic acids is 1. The molecule has 0 aromatic heterocycles. The van der Waals surface area contributed by atoms with Crippen LogP contribution in [-0.4, -0.2) is 73.8 Å². The van der Waals surface area contributed by atoms with Gasteiger partial charge in [-0.05, 0) is 13.8 Å². The highest BCUT2D eigenvalue weighted by Gasteiger charge is 2.33. The van der Waals surface area contributed by atoms with Gasteiger partial charge in [0.15, 0.2) is 9.84 Å². The van der Waals surface area contributed by atoms with Crippen LogP contribution >= 0.6 is 0 Å². The van der Waals surface area contributed by atoms with Crippen LogP contribution in [0.5, 0.6) is 0 Å². The smallest absolute Gasteiger partial charge is 0.218 e. The number of rotatable bonds is 7. The Morgan fingerprint density at radius 1 is 1.45 bits per heavy atom. The van der Waals surface area contributed by atoms with E-state index >= 15 is 0 Å². The molecule has 1 heterocycles. The minimum atomic E-state index is -3.28. The second-order valence-electron chi connectivity index (χ2n) is 5.79. The fourth-order valence-corrected chi connectivity index (χ4v) is 3.56. The summed E-state index contributed by atoms with van der Waals surface area (Å²) in [5, 5.41) is 9.19. The largest absolute Gasteiger partial charge is 0.394 e. The van der Waals surface area contributed by atoms with Gasteiger partial charge in [-0.25, -0.2) is 8.42 Å². The number of carbonyl (C=O) groups is 1. The van der Waals surface area contributed by atoms with Crippen LogP contribution in [0.4, 0.5) is 0 Å². The maximum Gasteiger partial charge on any atom is 0.218 e. The van der Waals surface area contributed by atoms with E-state index in [1.807, 2.05) is 18.7 Å². The predicted molar refractivity (Wildman–Crippen MR) is 74.9 cm³/mol. The molecule has 3 N–H and O–H groups in total. The second-order valence-corrected chi connectivity index (χ2v) is 8.09. The van der Waals surface area contributed by atoms with Crippen molar-refractivity contribution in [3.63, 3.8) is 0 Å². The van der Waals surface area contributed by atoms with Crippen molar-refractivity contribution >= 4 is 15.7 Å². The Bertz CT molecular complexity index is 435. The molecule has 1 rings (SSSR count). The summed E-state index contributed by atoms with van der Waals surface area (Å²) in [6, 6.07) is 0. The van der Waals surface area contributed by atoms with Gasteiger partial charge in [-0.1, -0.05) is 0 Å². The molecule has 20 heavy (non-hydrogen) atoms. The molecular weight excluding hydrogens is 284 g/mol. The maximum absolute atomic E-state index is 11.8. The molecule has 1 atom stereocenters. The normalized spacial score (nSPS) is 23.6. The van der Waals surface area contributed by atoms with Crippen molar-refractivity contribution in [1.82, 2.24) is 4.90 Å². The van der Waals surface area contributed by atoms with Crippen molar-refractivity contribution in [3.05, 3.63) is 0 Å². The van der Waals surface area contributed by atoms with Crippen LogP contribution in [-0.2, 0) is 19.4 Å². The SMILES string of the molecule is CC1(C)CN(CCS(=O)(=O)CCC(N)=O)CC(CO)O1. The predicted octanol–water partition coefficient (Wildman–Crippen LogP) is -1.25. The number of ether oxygens (including phenoxy) is 1. The third-order valence-corrected chi connectivity index (χ3v) is 4.76. The first kappa shape index (κ1) is 17.4. The highest BCUT2D eigenvalue weighted by atomic mass is 32.2. The van der Waals surface area contributed by atoms with Crippen molar-refractivity contribution in [3.8, 4) is 0 Å². The van der Waals surface area contributed by atoms with Crippen molar-refractivity contribution in [1.29, 1.82) is 0 Å². The molecule has 1 aliphatic rings. The van der Waals surface area contributed by atoms with Gasteiger partial charge < -0.3 is 15.6 Å². The fourth-order valence-electron chi connectivity index (χ4n) is 2.31. The average molecular weight is 308 g/mol. The summed E-state index contributed by atoms with van der Waals surface area (Å²) in [6.45, 7) is 5.20. The molecule has 0 aliphatic carbocycles. The fraction of sp³-hybridized carbons (Fsp3) is 0.917. The summed E-state index contributed by atoms with van der Waals surface area (Å²) in [4.78, 5) is 12.6. The molecule has 0 aromatic carbocycles. The summed E-state index contributed by atoms with van der Waals surface area (Å²) in [6.07, 6.45) is -0.442. The van der Waals surface area contributed by atoms with Gasteiger partial charge in [0, 0.05) is 26.1 Å². The number of hydrogen-bond acceptors (Lipinski definition) is 6. The van der Waals surface area contributed by atoms with Crippen molar-refractivity contribution in [2.45, 2.75) is 32.0 Å². The van der Waals surface area contributed by atoms with Gasteiger partial charge in [-0.15, -0.1) is 0 Å². The highest BCUT2D eigenvalue weighted by Crippen LogP contribution is 2.20. The zero-order valence-corrected chi connectivity index (χ0v) is 12.9. The van der Waals surface area contributed by atoms with Gasteiger partial charge in [0.05, 0.1) is 29.8 Å². The number of nitrogens with zero attached hydrogens (tertiary/aromatic N) is 1. The highest BCUT2D eigenvalue weighted by molar-refractivity contribution is 7.91. The lowest BCUT2D eigenvalue weighted by atomic mass is 10.1. The Hall–Kier alpha value is -0.700. The van der Waals surface area contributed by atoms with Crippen LogP contribution in [0, 0.1) is 0 Å². The van der Waals surface area contributed by atoms with Crippen LogP contribution in [0.25, 0.3) is 0 Å². The molecule has 0 bridgehead atoms. The zero-order valence-electron chi connectivity index (χ0n) is 12.0. The minimum Gasteiger partial charge on any atom is -0.394 e. The molecule has 1 amide bonds. The Balaban J connectivity index is 2.49. The standard InChI is InChI=1S/C12H24N2O5S/c1-12(2)9-14(7-10(8-15)19-12)4-6-20(17,18)5-3-11(13)16/h10,15H,3-9H2,1-2H3,(H2,13,16). The number of aliphatic hydroxyl groups excluding tert-OH is 1.